The monoisotopic (exact) mass is 449 g/mol. The van der Waals surface area contributed by atoms with Crippen molar-refractivity contribution < 1.29 is 13.9 Å². The molecule has 0 heterocycles. The normalized spacial score (nSPS) is 11.2. The fraction of sp³-hybridized carbons (Fsp3) is 0.136. The van der Waals surface area contributed by atoms with Crippen LogP contribution in [0.1, 0.15) is 21.5 Å². The average molecular weight is 450 g/mol. The quantitative estimate of drug-likeness (QED) is 0.289. The van der Waals surface area contributed by atoms with Gasteiger partial charge in [0.2, 0.25) is 0 Å². The zero-order valence-corrected chi connectivity index (χ0v) is 17.8. The molecule has 0 aliphatic carbocycles. The first-order valence-electron chi connectivity index (χ1n) is 8.76. The van der Waals surface area contributed by atoms with Gasteiger partial charge in [-0.05, 0) is 36.2 Å². The van der Waals surface area contributed by atoms with Crippen LogP contribution in [0.4, 0.5) is 10.1 Å². The third kappa shape index (κ3) is 6.13. The van der Waals surface area contributed by atoms with Crippen molar-refractivity contribution in [2.75, 3.05) is 4.31 Å². The number of amides is 1. The minimum absolute atomic E-state index is 0.362. The molecule has 29 heavy (non-hydrogen) atoms. The van der Waals surface area contributed by atoms with Crippen molar-refractivity contribution in [1.29, 1.82) is 0 Å². The highest BCUT2D eigenvalue weighted by atomic mass is 35.5. The van der Waals surface area contributed by atoms with Gasteiger partial charge in [-0.15, -0.1) is 0 Å². The number of carbonyl (C=O) groups is 1. The summed E-state index contributed by atoms with van der Waals surface area (Å²) in [7, 11) is 0. The fourth-order valence-electron chi connectivity index (χ4n) is 2.68. The van der Waals surface area contributed by atoms with Crippen LogP contribution in [-0.2, 0) is 6.61 Å². The molecule has 0 unspecified atom stereocenters. The first-order valence-corrected chi connectivity index (χ1v) is 10.3. The van der Waals surface area contributed by atoms with Crippen LogP contribution in [0.2, 0.25) is 0 Å². The number of hydrogen-bond acceptors (Lipinski definition) is 3. The fourth-order valence-corrected chi connectivity index (χ4v) is 3.70. The number of carbonyl (C=O) groups excluding carboxylic acids is 1. The second-order valence-electron chi connectivity index (χ2n) is 6.22. The number of halogens is 3. The second kappa shape index (κ2) is 9.53. The Hall–Kier alpha value is -2.21. The SMILES string of the molecule is Cc1ccccc1C(=O)N(SC(F)(Cl)Cl)c1cccc(OCc2ccccc2)c1. The molecule has 0 aliphatic rings. The zero-order valence-electron chi connectivity index (χ0n) is 15.5. The number of hydrogen-bond donors (Lipinski definition) is 0. The van der Waals surface area contributed by atoms with Crippen LogP contribution < -0.4 is 9.04 Å². The van der Waals surface area contributed by atoms with Crippen molar-refractivity contribution in [2.45, 2.75) is 17.4 Å². The Balaban J connectivity index is 1.87. The summed E-state index contributed by atoms with van der Waals surface area (Å²) in [5.41, 5.74) is 2.59. The van der Waals surface area contributed by atoms with Crippen LogP contribution >= 0.6 is 35.1 Å². The predicted molar refractivity (Wildman–Crippen MR) is 118 cm³/mol. The minimum Gasteiger partial charge on any atom is -0.489 e. The van der Waals surface area contributed by atoms with Crippen LogP contribution in [0.3, 0.4) is 0 Å². The number of alkyl halides is 3. The summed E-state index contributed by atoms with van der Waals surface area (Å²) in [5.74, 6) is 0.0970. The van der Waals surface area contributed by atoms with Crippen LogP contribution in [0, 0.1) is 6.92 Å². The Kier molecular flexibility index (Phi) is 7.06. The average Bonchev–Trinajstić information content (AvgIpc) is 2.71. The number of nitrogens with zero attached hydrogens (tertiary/aromatic N) is 1. The minimum atomic E-state index is -2.68. The Morgan fingerprint density at radius 1 is 1.03 bits per heavy atom. The van der Waals surface area contributed by atoms with Gasteiger partial charge in [0, 0.05) is 23.6 Å². The van der Waals surface area contributed by atoms with Gasteiger partial charge in [-0.25, -0.2) is 4.31 Å². The highest BCUT2D eigenvalue weighted by Crippen LogP contribution is 2.42. The molecular formula is C22H18Cl2FNO2S. The van der Waals surface area contributed by atoms with Gasteiger partial charge in [-0.1, -0.05) is 77.8 Å². The van der Waals surface area contributed by atoms with Crippen LogP contribution in [0.5, 0.6) is 5.75 Å². The number of anilines is 1. The van der Waals surface area contributed by atoms with Gasteiger partial charge >= 0.3 is 3.92 Å². The Labute approximate surface area is 183 Å². The molecule has 0 aromatic heterocycles. The maximum Gasteiger partial charge on any atom is 0.324 e. The summed E-state index contributed by atoms with van der Waals surface area (Å²) in [4.78, 5) is 13.1. The number of benzene rings is 3. The van der Waals surface area contributed by atoms with E-state index in [1.807, 2.05) is 36.4 Å². The molecule has 7 heteroatoms. The molecule has 0 saturated heterocycles. The van der Waals surface area contributed by atoms with Gasteiger partial charge in [0.15, 0.2) is 0 Å². The molecule has 0 saturated carbocycles. The topological polar surface area (TPSA) is 29.5 Å². The van der Waals surface area contributed by atoms with E-state index in [0.717, 1.165) is 15.4 Å². The predicted octanol–water partition coefficient (Wildman–Crippen LogP) is 6.93. The summed E-state index contributed by atoms with van der Waals surface area (Å²) < 4.78 is 18.3. The first-order chi connectivity index (χ1) is 13.8. The van der Waals surface area contributed by atoms with Gasteiger partial charge in [0.1, 0.15) is 12.4 Å². The summed E-state index contributed by atoms with van der Waals surface area (Å²) in [6, 6.07) is 23.5. The van der Waals surface area contributed by atoms with Crippen molar-refractivity contribution in [3.05, 3.63) is 95.6 Å². The second-order valence-corrected chi connectivity index (χ2v) is 9.02. The third-order valence-corrected chi connectivity index (χ3v) is 5.24. The lowest BCUT2D eigenvalue weighted by Gasteiger charge is -2.25. The summed E-state index contributed by atoms with van der Waals surface area (Å²) in [6.45, 7) is 2.17. The molecule has 0 N–H and O–H groups in total. The van der Waals surface area contributed by atoms with Gasteiger partial charge in [-0.3, -0.25) is 4.79 Å². The van der Waals surface area contributed by atoms with E-state index in [-0.39, 0.29) is 0 Å². The molecule has 3 aromatic rings. The Morgan fingerprint density at radius 2 is 1.72 bits per heavy atom. The smallest absolute Gasteiger partial charge is 0.324 e. The lowest BCUT2D eigenvalue weighted by molar-refractivity contribution is 0.101. The molecule has 0 bridgehead atoms. The maximum atomic E-state index is 14.0. The van der Waals surface area contributed by atoms with E-state index < -0.39 is 9.83 Å². The summed E-state index contributed by atoms with van der Waals surface area (Å²) in [6.07, 6.45) is 0. The standard InChI is InChI=1S/C22H18Cl2FNO2S/c1-16-8-5-6-13-20(16)21(27)26(29-22(23,24)25)18-11-7-12-19(14-18)28-15-17-9-3-2-4-10-17/h2-14H,15H2,1H3. The molecule has 0 radical (unpaired) electrons. The molecule has 150 valence electrons. The van der Waals surface area contributed by atoms with E-state index in [9.17, 15) is 9.18 Å². The number of aryl methyl sites for hydroxylation is 1. The molecule has 3 aromatic carbocycles. The van der Waals surface area contributed by atoms with E-state index in [4.69, 9.17) is 27.9 Å². The summed E-state index contributed by atoms with van der Waals surface area (Å²) >= 11 is 11.5. The maximum absolute atomic E-state index is 14.0. The summed E-state index contributed by atoms with van der Waals surface area (Å²) in [5, 5.41) is 0. The van der Waals surface area contributed by atoms with Crippen molar-refractivity contribution >= 4 is 46.7 Å². The van der Waals surface area contributed by atoms with E-state index >= 15 is 0 Å². The zero-order chi connectivity index (χ0) is 20.9. The molecule has 3 nitrogen and oxygen atoms in total. The lowest BCUT2D eigenvalue weighted by Crippen LogP contribution is -2.27. The molecule has 0 spiro atoms. The number of ether oxygens (including phenoxy) is 1. The van der Waals surface area contributed by atoms with Crippen LogP contribution in [0.25, 0.3) is 0 Å². The van der Waals surface area contributed by atoms with E-state index in [1.165, 1.54) is 0 Å². The van der Waals surface area contributed by atoms with Gasteiger partial charge in [-0.2, -0.15) is 4.39 Å². The third-order valence-electron chi connectivity index (χ3n) is 4.06. The van der Waals surface area contributed by atoms with E-state index in [1.54, 1.807) is 49.4 Å². The van der Waals surface area contributed by atoms with Crippen molar-refractivity contribution in [2.24, 2.45) is 0 Å². The van der Waals surface area contributed by atoms with E-state index in [0.29, 0.717) is 35.6 Å². The molecule has 0 atom stereocenters. The van der Waals surface area contributed by atoms with Crippen LogP contribution in [0.15, 0.2) is 78.9 Å². The Morgan fingerprint density at radius 3 is 2.41 bits per heavy atom. The van der Waals surface area contributed by atoms with Gasteiger partial charge in [0.05, 0.1) is 5.69 Å². The lowest BCUT2D eigenvalue weighted by atomic mass is 10.1. The van der Waals surface area contributed by atoms with Crippen molar-refractivity contribution in [1.82, 2.24) is 0 Å². The first kappa shape index (κ1) is 21.5. The number of rotatable bonds is 7. The van der Waals surface area contributed by atoms with Crippen LogP contribution in [-0.4, -0.2) is 9.83 Å². The van der Waals surface area contributed by atoms with E-state index in [2.05, 4.69) is 0 Å². The molecule has 0 aliphatic heterocycles. The van der Waals surface area contributed by atoms with Crippen molar-refractivity contribution in [3.63, 3.8) is 0 Å². The Bertz CT molecular complexity index is 980. The molecule has 1 amide bonds. The van der Waals surface area contributed by atoms with Gasteiger partial charge in [0.25, 0.3) is 5.91 Å². The highest BCUT2D eigenvalue weighted by Gasteiger charge is 2.32. The van der Waals surface area contributed by atoms with Crippen molar-refractivity contribution in [3.8, 4) is 5.75 Å². The highest BCUT2D eigenvalue weighted by molar-refractivity contribution is 8.05. The molecule has 3 rings (SSSR count). The largest absolute Gasteiger partial charge is 0.489 e. The molecular weight excluding hydrogens is 432 g/mol. The van der Waals surface area contributed by atoms with Gasteiger partial charge < -0.3 is 4.74 Å². The molecule has 0 fully saturated rings.